The molecular formula is C17H20N2O2. The van der Waals surface area contributed by atoms with E-state index in [2.05, 4.69) is 4.98 Å². The van der Waals surface area contributed by atoms with Gasteiger partial charge in [-0.1, -0.05) is 49.4 Å². The lowest BCUT2D eigenvalue weighted by Crippen LogP contribution is -2.35. The van der Waals surface area contributed by atoms with Crippen LogP contribution in [0.2, 0.25) is 0 Å². The summed E-state index contributed by atoms with van der Waals surface area (Å²) in [5.41, 5.74) is 1.95. The number of hydrogen-bond donors (Lipinski definition) is 1. The van der Waals surface area contributed by atoms with Crippen molar-refractivity contribution in [3.05, 3.63) is 80.1 Å². The van der Waals surface area contributed by atoms with Gasteiger partial charge in [-0.05, 0) is 18.9 Å². The molecule has 2 rings (SSSR count). The number of nitrogens with zero attached hydrogens (tertiary/aromatic N) is 1. The molecular weight excluding hydrogens is 264 g/mol. The lowest BCUT2D eigenvalue weighted by Gasteiger charge is -2.14. The van der Waals surface area contributed by atoms with E-state index in [0.717, 1.165) is 11.3 Å². The van der Waals surface area contributed by atoms with Gasteiger partial charge in [-0.25, -0.2) is 4.79 Å². The average molecular weight is 284 g/mol. The van der Waals surface area contributed by atoms with E-state index in [-0.39, 0.29) is 11.2 Å². The van der Waals surface area contributed by atoms with Gasteiger partial charge in [0.05, 0.1) is 0 Å². The van der Waals surface area contributed by atoms with Crippen LogP contribution in [0.3, 0.4) is 0 Å². The molecule has 21 heavy (non-hydrogen) atoms. The van der Waals surface area contributed by atoms with Crippen molar-refractivity contribution >= 4 is 0 Å². The Morgan fingerprint density at radius 2 is 1.90 bits per heavy atom. The highest BCUT2D eigenvalue weighted by Crippen LogP contribution is 2.11. The first-order valence-electron chi connectivity index (χ1n) is 7.17. The number of rotatable bonds is 5. The fourth-order valence-electron chi connectivity index (χ4n) is 2.42. The van der Waals surface area contributed by atoms with Crippen molar-refractivity contribution in [3.8, 4) is 0 Å². The van der Waals surface area contributed by atoms with Gasteiger partial charge in [0.2, 0.25) is 0 Å². The van der Waals surface area contributed by atoms with Crippen LogP contribution < -0.4 is 11.2 Å². The minimum Gasteiger partial charge on any atom is -0.293 e. The third-order valence-corrected chi connectivity index (χ3v) is 3.51. The van der Waals surface area contributed by atoms with Gasteiger partial charge in [0, 0.05) is 24.2 Å². The van der Waals surface area contributed by atoms with Crippen molar-refractivity contribution in [1.82, 2.24) is 9.55 Å². The monoisotopic (exact) mass is 284 g/mol. The van der Waals surface area contributed by atoms with Gasteiger partial charge in [0.25, 0.3) is 5.56 Å². The average Bonchev–Trinajstić information content (AvgIpc) is 2.48. The van der Waals surface area contributed by atoms with Crippen LogP contribution in [-0.4, -0.2) is 9.55 Å². The normalized spacial score (nSPS) is 11.1. The second-order valence-electron chi connectivity index (χ2n) is 4.88. The number of allylic oxidation sites excluding steroid dienone is 2. The molecule has 2 aromatic rings. The van der Waals surface area contributed by atoms with Crippen molar-refractivity contribution in [2.45, 2.75) is 33.2 Å². The van der Waals surface area contributed by atoms with Gasteiger partial charge < -0.3 is 0 Å². The van der Waals surface area contributed by atoms with E-state index in [9.17, 15) is 9.59 Å². The Kier molecular flexibility index (Phi) is 4.93. The minimum atomic E-state index is -0.346. The number of aromatic nitrogens is 2. The zero-order valence-electron chi connectivity index (χ0n) is 12.4. The summed E-state index contributed by atoms with van der Waals surface area (Å²) in [4.78, 5) is 26.5. The summed E-state index contributed by atoms with van der Waals surface area (Å²) in [5, 5.41) is 0. The summed E-state index contributed by atoms with van der Waals surface area (Å²) in [5.74, 6) is 0. The van der Waals surface area contributed by atoms with Crippen LogP contribution >= 0.6 is 0 Å². The fraction of sp³-hybridized carbons (Fsp3) is 0.294. The molecule has 1 aromatic heterocycles. The zero-order chi connectivity index (χ0) is 15.2. The molecule has 0 aliphatic rings. The topological polar surface area (TPSA) is 54.9 Å². The second-order valence-corrected chi connectivity index (χ2v) is 4.88. The Morgan fingerprint density at radius 1 is 1.19 bits per heavy atom. The molecule has 0 amide bonds. The number of H-pyrrole nitrogens is 1. The largest absolute Gasteiger partial charge is 0.328 e. The minimum absolute atomic E-state index is 0.273. The Balaban J connectivity index is 2.59. The van der Waals surface area contributed by atoms with E-state index < -0.39 is 0 Å². The van der Waals surface area contributed by atoms with Gasteiger partial charge in [0.1, 0.15) is 0 Å². The van der Waals surface area contributed by atoms with E-state index in [0.29, 0.717) is 24.9 Å². The molecule has 0 fully saturated rings. The molecule has 0 unspecified atom stereocenters. The molecule has 0 aliphatic carbocycles. The number of aromatic amines is 1. The van der Waals surface area contributed by atoms with Crippen LogP contribution in [0.5, 0.6) is 0 Å². The maximum atomic E-state index is 12.1. The molecule has 1 N–H and O–H groups in total. The maximum absolute atomic E-state index is 12.1. The highest BCUT2D eigenvalue weighted by molar-refractivity contribution is 5.27. The zero-order valence-corrected chi connectivity index (χ0v) is 12.4. The number of benzene rings is 1. The quantitative estimate of drug-likeness (QED) is 0.856. The van der Waals surface area contributed by atoms with E-state index in [1.165, 1.54) is 0 Å². The Bertz CT molecular complexity index is 740. The first-order chi connectivity index (χ1) is 10.2. The van der Waals surface area contributed by atoms with Crippen LogP contribution in [0.15, 0.2) is 52.1 Å². The van der Waals surface area contributed by atoms with Crippen LogP contribution in [0.25, 0.3) is 0 Å². The summed E-state index contributed by atoms with van der Waals surface area (Å²) in [6.45, 7) is 4.32. The van der Waals surface area contributed by atoms with Crippen molar-refractivity contribution in [3.63, 3.8) is 0 Å². The predicted molar refractivity (Wildman–Crippen MR) is 84.8 cm³/mol. The van der Waals surface area contributed by atoms with Crippen LogP contribution in [0, 0.1) is 0 Å². The van der Waals surface area contributed by atoms with E-state index in [1.807, 2.05) is 56.3 Å². The summed E-state index contributed by atoms with van der Waals surface area (Å²) < 4.78 is 1.65. The SMILES string of the molecule is CC=CCn1c(Cc2ccccc2)c(CC)c(=O)[nH]c1=O. The van der Waals surface area contributed by atoms with Gasteiger partial charge >= 0.3 is 5.69 Å². The molecule has 0 aliphatic heterocycles. The molecule has 0 spiro atoms. The summed E-state index contributed by atoms with van der Waals surface area (Å²) in [7, 11) is 0. The van der Waals surface area contributed by atoms with Gasteiger partial charge in [0.15, 0.2) is 0 Å². The van der Waals surface area contributed by atoms with Crippen LogP contribution in [0.4, 0.5) is 0 Å². The van der Waals surface area contributed by atoms with Gasteiger partial charge in [-0.15, -0.1) is 0 Å². The van der Waals surface area contributed by atoms with E-state index in [4.69, 9.17) is 0 Å². The molecule has 0 atom stereocenters. The van der Waals surface area contributed by atoms with Crippen molar-refractivity contribution < 1.29 is 0 Å². The molecule has 0 radical (unpaired) electrons. The Hall–Kier alpha value is -2.36. The lowest BCUT2D eigenvalue weighted by atomic mass is 10.0. The van der Waals surface area contributed by atoms with Gasteiger partial charge in [-0.3, -0.25) is 14.3 Å². The Morgan fingerprint density at radius 3 is 2.52 bits per heavy atom. The van der Waals surface area contributed by atoms with E-state index in [1.54, 1.807) is 4.57 Å². The molecule has 0 saturated heterocycles. The second kappa shape index (κ2) is 6.88. The maximum Gasteiger partial charge on any atom is 0.328 e. The molecule has 1 aromatic carbocycles. The van der Waals surface area contributed by atoms with E-state index >= 15 is 0 Å². The molecule has 1 heterocycles. The summed E-state index contributed by atoms with van der Waals surface area (Å²) in [6, 6.07) is 9.89. The van der Waals surface area contributed by atoms with Crippen molar-refractivity contribution in [1.29, 1.82) is 0 Å². The molecule has 4 heteroatoms. The summed E-state index contributed by atoms with van der Waals surface area (Å²) >= 11 is 0. The van der Waals surface area contributed by atoms with Crippen LogP contribution in [-0.2, 0) is 19.4 Å². The van der Waals surface area contributed by atoms with Crippen LogP contribution in [0.1, 0.15) is 30.7 Å². The molecule has 0 saturated carbocycles. The first-order valence-corrected chi connectivity index (χ1v) is 7.17. The lowest BCUT2D eigenvalue weighted by molar-refractivity contribution is 0.675. The smallest absolute Gasteiger partial charge is 0.293 e. The van der Waals surface area contributed by atoms with Crippen molar-refractivity contribution in [2.75, 3.05) is 0 Å². The standard InChI is InChI=1S/C17H20N2O2/c1-3-5-11-19-15(12-13-9-7-6-8-10-13)14(4-2)16(20)18-17(19)21/h3,5-10H,4,11-12H2,1-2H3,(H,18,20,21). The number of nitrogens with one attached hydrogen (secondary N) is 1. The third-order valence-electron chi connectivity index (χ3n) is 3.51. The predicted octanol–water partition coefficient (Wildman–Crippen LogP) is 2.27. The molecule has 0 bridgehead atoms. The first kappa shape index (κ1) is 15.0. The number of hydrogen-bond acceptors (Lipinski definition) is 2. The highest BCUT2D eigenvalue weighted by Gasteiger charge is 2.13. The molecule has 4 nitrogen and oxygen atoms in total. The Labute approximate surface area is 123 Å². The molecule has 110 valence electrons. The summed E-state index contributed by atoms with van der Waals surface area (Å²) in [6.07, 6.45) is 5.00. The third kappa shape index (κ3) is 3.40. The van der Waals surface area contributed by atoms with Crippen molar-refractivity contribution in [2.24, 2.45) is 0 Å². The van der Waals surface area contributed by atoms with Gasteiger partial charge in [-0.2, -0.15) is 0 Å². The highest BCUT2D eigenvalue weighted by atomic mass is 16.2. The fourth-order valence-corrected chi connectivity index (χ4v) is 2.42.